The van der Waals surface area contributed by atoms with Crippen LogP contribution in [0.3, 0.4) is 0 Å². The molecule has 2 rings (SSSR count). The molecule has 1 fully saturated rings. The molecule has 0 N–H and O–H groups in total. The summed E-state index contributed by atoms with van der Waals surface area (Å²) in [6, 6.07) is 1.66. The highest BCUT2D eigenvalue weighted by Crippen LogP contribution is 2.11. The smallest absolute Gasteiger partial charge is 0.257 e. The van der Waals surface area contributed by atoms with Gasteiger partial charge in [-0.05, 0) is 31.7 Å². The monoisotopic (exact) mass is 292 g/mol. The fraction of sp³-hybridized carbons (Fsp3) is 0.625. The molecule has 21 heavy (non-hydrogen) atoms. The van der Waals surface area contributed by atoms with Crippen LogP contribution in [0.15, 0.2) is 23.0 Å². The standard InChI is InChI=1S/C16H24N2O3/c1-2-8-18(16(20)14-7-12-21-13-14)11-6-15(19)17-9-4-3-5-10-17/h7,12-13H,2-6,8-11H2,1H3. The average Bonchev–Trinajstić information content (AvgIpc) is 3.05. The third kappa shape index (κ3) is 4.34. The molecule has 0 saturated carbocycles. The molecule has 5 nitrogen and oxygen atoms in total. The lowest BCUT2D eigenvalue weighted by Gasteiger charge is -2.28. The SMILES string of the molecule is CCCN(CCC(=O)N1CCCCC1)C(=O)c1ccoc1. The van der Waals surface area contributed by atoms with E-state index in [1.807, 2.05) is 11.8 Å². The largest absolute Gasteiger partial charge is 0.472 e. The van der Waals surface area contributed by atoms with Gasteiger partial charge in [0.2, 0.25) is 5.91 Å². The fourth-order valence-electron chi connectivity index (χ4n) is 2.69. The van der Waals surface area contributed by atoms with Crippen LogP contribution in [0.1, 0.15) is 49.4 Å². The minimum Gasteiger partial charge on any atom is -0.472 e. The van der Waals surface area contributed by atoms with Gasteiger partial charge in [0.25, 0.3) is 5.91 Å². The van der Waals surface area contributed by atoms with Crippen LogP contribution in [0.4, 0.5) is 0 Å². The number of hydrogen-bond acceptors (Lipinski definition) is 3. The molecule has 2 heterocycles. The summed E-state index contributed by atoms with van der Waals surface area (Å²) in [5, 5.41) is 0. The number of piperidine rings is 1. The van der Waals surface area contributed by atoms with Crippen molar-refractivity contribution in [3.8, 4) is 0 Å². The van der Waals surface area contributed by atoms with Crippen molar-refractivity contribution >= 4 is 11.8 Å². The topological polar surface area (TPSA) is 53.8 Å². The molecular formula is C16H24N2O3. The Labute approximate surface area is 125 Å². The summed E-state index contributed by atoms with van der Waals surface area (Å²) in [4.78, 5) is 28.2. The number of nitrogens with zero attached hydrogens (tertiary/aromatic N) is 2. The van der Waals surface area contributed by atoms with Crippen LogP contribution < -0.4 is 0 Å². The van der Waals surface area contributed by atoms with Crippen LogP contribution in [0, 0.1) is 0 Å². The summed E-state index contributed by atoms with van der Waals surface area (Å²) in [7, 11) is 0. The number of likely N-dealkylation sites (tertiary alicyclic amines) is 1. The Morgan fingerprint density at radius 1 is 1.24 bits per heavy atom. The van der Waals surface area contributed by atoms with Crippen LogP contribution in [-0.2, 0) is 4.79 Å². The average molecular weight is 292 g/mol. The number of rotatable bonds is 6. The molecule has 0 spiro atoms. The van der Waals surface area contributed by atoms with Crippen molar-refractivity contribution in [1.82, 2.24) is 9.80 Å². The molecular weight excluding hydrogens is 268 g/mol. The zero-order chi connectivity index (χ0) is 15.1. The third-order valence-electron chi connectivity index (χ3n) is 3.85. The molecule has 116 valence electrons. The Morgan fingerprint density at radius 2 is 2.00 bits per heavy atom. The van der Waals surface area contributed by atoms with Gasteiger partial charge in [0.15, 0.2) is 0 Å². The minimum absolute atomic E-state index is 0.0583. The number of furan rings is 1. The second-order valence-electron chi connectivity index (χ2n) is 5.50. The van der Waals surface area contributed by atoms with Crippen LogP contribution in [0.5, 0.6) is 0 Å². The predicted molar refractivity (Wildman–Crippen MR) is 80.0 cm³/mol. The number of carbonyl (C=O) groups excluding carboxylic acids is 2. The lowest BCUT2D eigenvalue weighted by molar-refractivity contribution is -0.132. The normalized spacial score (nSPS) is 15.0. The minimum atomic E-state index is -0.0583. The molecule has 1 saturated heterocycles. The Morgan fingerprint density at radius 3 is 2.62 bits per heavy atom. The molecule has 1 aromatic heterocycles. The van der Waals surface area contributed by atoms with E-state index in [1.165, 1.54) is 18.9 Å². The zero-order valence-electron chi connectivity index (χ0n) is 12.7. The Hall–Kier alpha value is -1.78. The van der Waals surface area contributed by atoms with Gasteiger partial charge in [-0.1, -0.05) is 6.92 Å². The first-order valence-electron chi connectivity index (χ1n) is 7.81. The maximum absolute atomic E-state index is 12.3. The van der Waals surface area contributed by atoms with Crippen molar-refractivity contribution in [3.63, 3.8) is 0 Å². The Kier molecular flexibility index (Phi) is 5.84. The number of amides is 2. The quantitative estimate of drug-likeness (QED) is 0.809. The first-order valence-corrected chi connectivity index (χ1v) is 7.81. The van der Waals surface area contributed by atoms with Gasteiger partial charge in [-0.3, -0.25) is 9.59 Å². The molecule has 0 radical (unpaired) electrons. The maximum Gasteiger partial charge on any atom is 0.257 e. The van der Waals surface area contributed by atoms with Crippen LogP contribution in [-0.4, -0.2) is 47.8 Å². The van der Waals surface area contributed by atoms with E-state index in [0.29, 0.717) is 25.1 Å². The summed E-state index contributed by atoms with van der Waals surface area (Å²) in [6.07, 6.45) is 7.64. The highest BCUT2D eigenvalue weighted by molar-refractivity contribution is 5.94. The lowest BCUT2D eigenvalue weighted by Crippen LogP contribution is -2.39. The van der Waals surface area contributed by atoms with E-state index < -0.39 is 0 Å². The van der Waals surface area contributed by atoms with Crippen molar-refractivity contribution in [1.29, 1.82) is 0 Å². The van der Waals surface area contributed by atoms with Gasteiger partial charge < -0.3 is 14.2 Å². The van der Waals surface area contributed by atoms with E-state index in [4.69, 9.17) is 4.42 Å². The van der Waals surface area contributed by atoms with E-state index in [1.54, 1.807) is 11.0 Å². The highest BCUT2D eigenvalue weighted by Gasteiger charge is 2.20. The Bertz CT molecular complexity index is 450. The summed E-state index contributed by atoms with van der Waals surface area (Å²) < 4.78 is 4.96. The van der Waals surface area contributed by atoms with Crippen molar-refractivity contribution in [2.45, 2.75) is 39.0 Å². The predicted octanol–water partition coefficient (Wildman–Crippen LogP) is 2.53. The van der Waals surface area contributed by atoms with E-state index >= 15 is 0 Å². The fourth-order valence-corrected chi connectivity index (χ4v) is 2.69. The number of carbonyl (C=O) groups is 2. The summed E-state index contributed by atoms with van der Waals surface area (Å²) in [5.41, 5.74) is 0.550. The molecule has 1 aliphatic heterocycles. The van der Waals surface area contributed by atoms with E-state index in [0.717, 1.165) is 32.4 Å². The van der Waals surface area contributed by atoms with Gasteiger partial charge in [-0.25, -0.2) is 0 Å². The second-order valence-corrected chi connectivity index (χ2v) is 5.50. The van der Waals surface area contributed by atoms with Crippen molar-refractivity contribution in [3.05, 3.63) is 24.2 Å². The van der Waals surface area contributed by atoms with Crippen LogP contribution in [0.25, 0.3) is 0 Å². The van der Waals surface area contributed by atoms with Gasteiger partial charge >= 0.3 is 0 Å². The van der Waals surface area contributed by atoms with Crippen molar-refractivity contribution < 1.29 is 14.0 Å². The van der Waals surface area contributed by atoms with Gasteiger partial charge in [-0.2, -0.15) is 0 Å². The second kappa shape index (κ2) is 7.86. The number of hydrogen-bond donors (Lipinski definition) is 0. The Balaban J connectivity index is 1.87. The molecule has 1 aromatic rings. The molecule has 2 amide bonds. The van der Waals surface area contributed by atoms with E-state index in [-0.39, 0.29) is 11.8 Å². The van der Waals surface area contributed by atoms with Crippen molar-refractivity contribution in [2.24, 2.45) is 0 Å². The van der Waals surface area contributed by atoms with Crippen LogP contribution in [0.2, 0.25) is 0 Å². The van der Waals surface area contributed by atoms with Crippen molar-refractivity contribution in [2.75, 3.05) is 26.2 Å². The van der Waals surface area contributed by atoms with Gasteiger partial charge in [-0.15, -0.1) is 0 Å². The van der Waals surface area contributed by atoms with Crippen LogP contribution >= 0.6 is 0 Å². The summed E-state index contributed by atoms with van der Waals surface area (Å²) in [5.74, 6) is 0.104. The molecule has 0 bridgehead atoms. The molecule has 0 aliphatic carbocycles. The highest BCUT2D eigenvalue weighted by atomic mass is 16.3. The van der Waals surface area contributed by atoms with Gasteiger partial charge in [0.05, 0.1) is 11.8 Å². The third-order valence-corrected chi connectivity index (χ3v) is 3.85. The zero-order valence-corrected chi connectivity index (χ0v) is 12.7. The molecule has 1 aliphatic rings. The first kappa shape index (κ1) is 15.6. The first-order chi connectivity index (χ1) is 10.2. The lowest BCUT2D eigenvalue weighted by atomic mass is 10.1. The molecule has 0 unspecified atom stereocenters. The van der Waals surface area contributed by atoms with Gasteiger partial charge in [0, 0.05) is 32.6 Å². The molecule has 0 atom stereocenters. The van der Waals surface area contributed by atoms with E-state index in [9.17, 15) is 9.59 Å². The van der Waals surface area contributed by atoms with Gasteiger partial charge in [0.1, 0.15) is 6.26 Å². The van der Waals surface area contributed by atoms with E-state index in [2.05, 4.69) is 0 Å². The summed E-state index contributed by atoms with van der Waals surface area (Å²) in [6.45, 7) is 4.90. The molecule has 0 aromatic carbocycles. The molecule has 5 heteroatoms. The maximum atomic E-state index is 12.3. The summed E-state index contributed by atoms with van der Waals surface area (Å²) >= 11 is 0.